The molecule has 1 aliphatic rings. The first-order valence-electron chi connectivity index (χ1n) is 6.31. The Kier molecular flexibility index (Phi) is 3.85. The van der Waals surface area contributed by atoms with Crippen LogP contribution in [-0.4, -0.2) is 12.6 Å². The van der Waals surface area contributed by atoms with E-state index in [-0.39, 0.29) is 6.04 Å². The van der Waals surface area contributed by atoms with Crippen LogP contribution in [0.1, 0.15) is 29.5 Å². The fraction of sp³-hybridized carbons (Fsp3) is 0.467. The summed E-state index contributed by atoms with van der Waals surface area (Å²) in [6.07, 6.45) is 5.20. The Balaban J connectivity index is 2.09. The topological polar surface area (TPSA) is 35.2 Å². The van der Waals surface area contributed by atoms with Crippen LogP contribution in [0, 0.1) is 13.8 Å². The van der Waals surface area contributed by atoms with Gasteiger partial charge in [-0.1, -0.05) is 23.8 Å². The summed E-state index contributed by atoms with van der Waals surface area (Å²) < 4.78 is 5.62. The van der Waals surface area contributed by atoms with Crippen molar-refractivity contribution in [2.75, 3.05) is 6.61 Å². The van der Waals surface area contributed by atoms with Crippen LogP contribution in [0.4, 0.5) is 0 Å². The average Bonchev–Trinajstić information content (AvgIpc) is 2.35. The molecule has 2 N–H and O–H groups in total. The van der Waals surface area contributed by atoms with Gasteiger partial charge in [-0.3, -0.25) is 0 Å². The van der Waals surface area contributed by atoms with Gasteiger partial charge in [0.25, 0.3) is 0 Å². The predicted molar refractivity (Wildman–Crippen MR) is 70.9 cm³/mol. The Hall–Kier alpha value is -1.28. The molecule has 2 rings (SSSR count). The summed E-state index contributed by atoms with van der Waals surface area (Å²) in [6, 6.07) is 6.52. The molecule has 1 atom stereocenters. The number of allylic oxidation sites excluding steroid dienone is 1. The maximum absolute atomic E-state index is 6.21. The molecule has 1 heterocycles. The van der Waals surface area contributed by atoms with E-state index in [4.69, 9.17) is 10.5 Å². The molecule has 0 spiro atoms. The molecule has 1 aromatic carbocycles. The fourth-order valence-corrected chi connectivity index (χ4v) is 2.19. The molecule has 0 amide bonds. The Morgan fingerprint density at radius 1 is 1.35 bits per heavy atom. The number of hydrogen-bond donors (Lipinski definition) is 1. The van der Waals surface area contributed by atoms with Crippen molar-refractivity contribution in [2.45, 2.75) is 39.2 Å². The lowest BCUT2D eigenvalue weighted by molar-refractivity contribution is 0.175. The lowest BCUT2D eigenvalue weighted by Crippen LogP contribution is -2.28. The minimum atomic E-state index is -0.00389. The van der Waals surface area contributed by atoms with E-state index >= 15 is 0 Å². The third-order valence-corrected chi connectivity index (χ3v) is 3.27. The van der Waals surface area contributed by atoms with Crippen molar-refractivity contribution in [3.8, 4) is 0 Å². The largest absolute Gasteiger partial charge is 0.497 e. The van der Waals surface area contributed by atoms with E-state index in [1.165, 1.54) is 16.7 Å². The second-order valence-electron chi connectivity index (χ2n) is 4.84. The summed E-state index contributed by atoms with van der Waals surface area (Å²) in [5.74, 6) is 0.970. The number of hydrogen-bond acceptors (Lipinski definition) is 2. The third kappa shape index (κ3) is 3.10. The maximum Gasteiger partial charge on any atom is 0.109 e. The van der Waals surface area contributed by atoms with E-state index in [0.717, 1.165) is 31.6 Å². The van der Waals surface area contributed by atoms with Gasteiger partial charge in [-0.05, 0) is 50.3 Å². The second-order valence-corrected chi connectivity index (χ2v) is 4.84. The first-order valence-corrected chi connectivity index (χ1v) is 6.31. The lowest BCUT2D eigenvalue weighted by atomic mass is 9.98. The van der Waals surface area contributed by atoms with Crippen LogP contribution >= 0.6 is 0 Å². The number of nitrogens with two attached hydrogens (primary N) is 1. The Morgan fingerprint density at radius 3 is 2.88 bits per heavy atom. The fourth-order valence-electron chi connectivity index (χ4n) is 2.19. The summed E-state index contributed by atoms with van der Waals surface area (Å²) in [7, 11) is 0. The molecule has 0 aromatic heterocycles. The van der Waals surface area contributed by atoms with E-state index in [1.807, 2.05) is 0 Å². The molecule has 2 nitrogen and oxygen atoms in total. The number of benzene rings is 1. The first kappa shape index (κ1) is 12.2. The van der Waals surface area contributed by atoms with Gasteiger partial charge in [0.2, 0.25) is 0 Å². The first-order chi connectivity index (χ1) is 8.16. The van der Waals surface area contributed by atoms with Crippen molar-refractivity contribution < 1.29 is 4.74 Å². The Labute approximate surface area is 103 Å². The van der Waals surface area contributed by atoms with Crippen molar-refractivity contribution in [1.82, 2.24) is 0 Å². The van der Waals surface area contributed by atoms with Crippen molar-refractivity contribution in [2.24, 2.45) is 5.73 Å². The Morgan fingerprint density at radius 2 is 2.18 bits per heavy atom. The average molecular weight is 231 g/mol. The molecule has 1 unspecified atom stereocenters. The van der Waals surface area contributed by atoms with Crippen LogP contribution < -0.4 is 5.73 Å². The summed E-state index contributed by atoms with van der Waals surface area (Å²) in [5.41, 5.74) is 10.1. The van der Waals surface area contributed by atoms with E-state index in [1.54, 1.807) is 0 Å². The van der Waals surface area contributed by atoms with Gasteiger partial charge in [0.15, 0.2) is 0 Å². The molecule has 1 aliphatic heterocycles. The van der Waals surface area contributed by atoms with Crippen LogP contribution in [0.25, 0.3) is 0 Å². The molecular weight excluding hydrogens is 210 g/mol. The quantitative estimate of drug-likeness (QED) is 0.868. The molecule has 92 valence electrons. The molecule has 0 bridgehead atoms. The van der Waals surface area contributed by atoms with Gasteiger partial charge in [0.05, 0.1) is 12.6 Å². The summed E-state index contributed by atoms with van der Waals surface area (Å²) in [6.45, 7) is 5.06. The van der Waals surface area contributed by atoms with Gasteiger partial charge in [0, 0.05) is 0 Å². The molecule has 1 aromatic rings. The van der Waals surface area contributed by atoms with Crippen molar-refractivity contribution in [3.63, 3.8) is 0 Å². The minimum Gasteiger partial charge on any atom is -0.497 e. The monoisotopic (exact) mass is 231 g/mol. The summed E-state index contributed by atoms with van der Waals surface area (Å²) in [5, 5.41) is 0. The maximum atomic E-state index is 6.21. The molecule has 2 heteroatoms. The molecular formula is C15H21NO. The third-order valence-electron chi connectivity index (χ3n) is 3.27. The molecule has 17 heavy (non-hydrogen) atoms. The van der Waals surface area contributed by atoms with Gasteiger partial charge in [0.1, 0.15) is 5.76 Å². The summed E-state index contributed by atoms with van der Waals surface area (Å²) >= 11 is 0. The van der Waals surface area contributed by atoms with Crippen molar-refractivity contribution >= 4 is 0 Å². The highest BCUT2D eigenvalue weighted by Gasteiger charge is 2.15. The van der Waals surface area contributed by atoms with E-state index in [2.05, 4.69) is 38.1 Å². The van der Waals surface area contributed by atoms with Gasteiger partial charge < -0.3 is 10.5 Å². The number of ether oxygens (including phenoxy) is 1. The van der Waals surface area contributed by atoms with Crippen LogP contribution in [0.5, 0.6) is 0 Å². The second kappa shape index (κ2) is 5.37. The molecule has 0 fully saturated rings. The van der Waals surface area contributed by atoms with E-state index in [0.29, 0.717) is 0 Å². The zero-order valence-electron chi connectivity index (χ0n) is 10.7. The van der Waals surface area contributed by atoms with Gasteiger partial charge in [-0.2, -0.15) is 0 Å². The van der Waals surface area contributed by atoms with Crippen molar-refractivity contribution in [3.05, 3.63) is 46.7 Å². The standard InChI is InChI=1S/C15H21NO/c1-11-6-7-12(2)13(9-11)10-14(16)15-5-3-4-8-17-15/h5-7,9,14H,3-4,8,10,16H2,1-2H3. The van der Waals surface area contributed by atoms with E-state index < -0.39 is 0 Å². The zero-order valence-corrected chi connectivity index (χ0v) is 10.7. The Bertz CT molecular complexity index is 423. The molecule has 0 radical (unpaired) electrons. The highest BCUT2D eigenvalue weighted by atomic mass is 16.5. The lowest BCUT2D eigenvalue weighted by Gasteiger charge is -2.21. The van der Waals surface area contributed by atoms with Gasteiger partial charge >= 0.3 is 0 Å². The smallest absolute Gasteiger partial charge is 0.109 e. The SMILES string of the molecule is Cc1ccc(C)c(CC(N)C2=CCCCO2)c1. The number of aryl methyl sites for hydroxylation is 2. The zero-order chi connectivity index (χ0) is 12.3. The highest BCUT2D eigenvalue weighted by molar-refractivity contribution is 5.32. The molecule has 0 saturated carbocycles. The summed E-state index contributed by atoms with van der Waals surface area (Å²) in [4.78, 5) is 0. The van der Waals surface area contributed by atoms with Gasteiger partial charge in [-0.15, -0.1) is 0 Å². The highest BCUT2D eigenvalue weighted by Crippen LogP contribution is 2.18. The number of rotatable bonds is 3. The predicted octanol–water partition coefficient (Wildman–Crippen LogP) is 2.87. The van der Waals surface area contributed by atoms with Gasteiger partial charge in [-0.25, -0.2) is 0 Å². The van der Waals surface area contributed by atoms with Crippen LogP contribution in [0.15, 0.2) is 30.0 Å². The normalized spacial score (nSPS) is 17.2. The molecule has 0 aliphatic carbocycles. The van der Waals surface area contributed by atoms with E-state index in [9.17, 15) is 0 Å². The van der Waals surface area contributed by atoms with Crippen molar-refractivity contribution in [1.29, 1.82) is 0 Å². The molecule has 0 saturated heterocycles. The van der Waals surface area contributed by atoms with Crippen LogP contribution in [0.2, 0.25) is 0 Å². The van der Waals surface area contributed by atoms with Crippen LogP contribution in [-0.2, 0) is 11.2 Å². The van der Waals surface area contributed by atoms with Crippen LogP contribution in [0.3, 0.4) is 0 Å². The minimum absolute atomic E-state index is 0.00389.